The van der Waals surface area contributed by atoms with E-state index < -0.39 is 48.2 Å². The predicted octanol–water partition coefficient (Wildman–Crippen LogP) is 3.03. The van der Waals surface area contributed by atoms with Crippen LogP contribution in [0.25, 0.3) is 0 Å². The zero-order valence-corrected chi connectivity index (χ0v) is 17.3. The van der Waals surface area contributed by atoms with Gasteiger partial charge in [-0.1, -0.05) is 38.0 Å². The van der Waals surface area contributed by atoms with E-state index in [2.05, 4.69) is 11.8 Å². The maximum absolute atomic E-state index is 13.0. The Morgan fingerprint density at radius 1 is 1.13 bits per heavy atom. The van der Waals surface area contributed by atoms with Gasteiger partial charge in [0.2, 0.25) is 5.79 Å². The monoisotopic (exact) mass is 432 g/mol. The van der Waals surface area contributed by atoms with E-state index in [1.54, 1.807) is 0 Å². The minimum atomic E-state index is -4.48. The Balaban J connectivity index is 1.58. The molecule has 1 spiro atoms. The zero-order chi connectivity index (χ0) is 21.6. The number of aliphatic hydroxyl groups excluding tert-OH is 2. The molecule has 0 bridgehead atoms. The molecule has 6 atom stereocenters. The topological polar surface area (TPSA) is 68.2 Å². The van der Waals surface area contributed by atoms with Gasteiger partial charge in [-0.25, -0.2) is 0 Å². The fourth-order valence-electron chi connectivity index (χ4n) is 6.24. The summed E-state index contributed by atoms with van der Waals surface area (Å²) in [5.41, 5.74) is -1.30. The Hall–Kier alpha value is -0.850. The molecular formula is C22H31F3O5. The normalized spacial score (nSPS) is 39.7. The lowest BCUT2D eigenvalue weighted by molar-refractivity contribution is -0.426. The van der Waals surface area contributed by atoms with Crippen LogP contribution in [0.4, 0.5) is 13.2 Å². The van der Waals surface area contributed by atoms with Crippen molar-refractivity contribution in [2.24, 2.45) is 23.7 Å². The number of hydrogen-bond acceptors (Lipinski definition) is 5. The molecule has 0 aromatic rings. The Kier molecular flexibility index (Phi) is 6.15. The van der Waals surface area contributed by atoms with Crippen molar-refractivity contribution in [2.75, 3.05) is 19.8 Å². The van der Waals surface area contributed by atoms with Gasteiger partial charge in [0.25, 0.3) is 0 Å². The molecule has 4 aliphatic rings. The molecule has 0 aromatic heterocycles. The van der Waals surface area contributed by atoms with Crippen LogP contribution in [-0.2, 0) is 14.2 Å². The van der Waals surface area contributed by atoms with Crippen molar-refractivity contribution in [1.82, 2.24) is 0 Å². The number of fused-ring (bicyclic) bond motifs is 2. The zero-order valence-electron chi connectivity index (χ0n) is 17.3. The summed E-state index contributed by atoms with van der Waals surface area (Å²) >= 11 is 0. The van der Waals surface area contributed by atoms with Crippen molar-refractivity contribution in [3.8, 4) is 11.8 Å². The summed E-state index contributed by atoms with van der Waals surface area (Å²) in [6.45, 7) is 1.06. The molecule has 3 saturated carbocycles. The highest BCUT2D eigenvalue weighted by molar-refractivity contribution is 5.27. The van der Waals surface area contributed by atoms with Crippen LogP contribution in [0.2, 0.25) is 0 Å². The van der Waals surface area contributed by atoms with Gasteiger partial charge in [0, 0.05) is 11.8 Å². The third-order valence-electron chi connectivity index (χ3n) is 7.58. The van der Waals surface area contributed by atoms with Gasteiger partial charge in [-0.2, -0.15) is 13.2 Å². The average Bonchev–Trinajstić information content (AvgIpc) is 3.24. The fourth-order valence-corrected chi connectivity index (χ4v) is 6.24. The van der Waals surface area contributed by atoms with Crippen LogP contribution in [0, 0.1) is 35.5 Å². The smallest absolute Gasteiger partial charge is 0.392 e. The maximum atomic E-state index is 13.0. The van der Waals surface area contributed by atoms with Crippen LogP contribution in [0.5, 0.6) is 0 Å². The summed E-state index contributed by atoms with van der Waals surface area (Å²) < 4.78 is 56.3. The fraction of sp³-hybridized carbons (Fsp3) is 0.909. The molecule has 1 unspecified atom stereocenters. The molecule has 8 heteroatoms. The molecule has 4 fully saturated rings. The minimum Gasteiger partial charge on any atom is -0.392 e. The summed E-state index contributed by atoms with van der Waals surface area (Å²) in [7, 11) is 0. The van der Waals surface area contributed by atoms with Crippen LogP contribution in [0.15, 0.2) is 0 Å². The van der Waals surface area contributed by atoms with Gasteiger partial charge >= 0.3 is 6.18 Å². The second-order valence-corrected chi connectivity index (χ2v) is 9.24. The quantitative estimate of drug-likeness (QED) is 0.671. The molecule has 0 aromatic carbocycles. The molecule has 0 radical (unpaired) electrons. The van der Waals surface area contributed by atoms with Crippen LogP contribution in [0.1, 0.15) is 51.9 Å². The molecule has 4 rings (SSSR count). The highest BCUT2D eigenvalue weighted by Gasteiger charge is 2.78. The maximum Gasteiger partial charge on any atom is 0.411 e. The molecule has 1 aliphatic heterocycles. The van der Waals surface area contributed by atoms with Crippen LogP contribution < -0.4 is 0 Å². The predicted molar refractivity (Wildman–Crippen MR) is 101 cm³/mol. The van der Waals surface area contributed by atoms with Gasteiger partial charge in [-0.3, -0.25) is 0 Å². The van der Waals surface area contributed by atoms with E-state index in [0.29, 0.717) is 13.2 Å². The second kappa shape index (κ2) is 8.25. The lowest BCUT2D eigenvalue weighted by atomic mass is 9.47. The third-order valence-corrected chi connectivity index (χ3v) is 7.58. The van der Waals surface area contributed by atoms with Crippen molar-refractivity contribution >= 4 is 0 Å². The van der Waals surface area contributed by atoms with Crippen LogP contribution in [0.3, 0.4) is 0 Å². The SMILES string of the molecule is CC1[C@H]2[C@H](C#C[C@@H](O)C3CCCCC3)[C@@H](O)CC[C@@]2(OCC(F)(F)F)C12OCCO2. The highest BCUT2D eigenvalue weighted by atomic mass is 19.4. The van der Waals surface area contributed by atoms with Crippen molar-refractivity contribution in [2.45, 2.75) is 81.6 Å². The van der Waals surface area contributed by atoms with Gasteiger partial charge in [0.1, 0.15) is 18.3 Å². The number of alkyl halides is 3. The first-order valence-corrected chi connectivity index (χ1v) is 11.1. The van der Waals surface area contributed by atoms with Crippen LogP contribution >= 0.6 is 0 Å². The van der Waals surface area contributed by atoms with Gasteiger partial charge in [0.15, 0.2) is 0 Å². The Morgan fingerprint density at radius 3 is 2.43 bits per heavy atom. The number of rotatable bonds is 3. The summed E-state index contributed by atoms with van der Waals surface area (Å²) in [6.07, 6.45) is -0.444. The number of ether oxygens (including phenoxy) is 3. The Labute approximate surface area is 175 Å². The van der Waals surface area contributed by atoms with Gasteiger partial charge in [0.05, 0.1) is 25.2 Å². The van der Waals surface area contributed by atoms with E-state index in [0.717, 1.165) is 25.7 Å². The second-order valence-electron chi connectivity index (χ2n) is 9.24. The summed E-state index contributed by atoms with van der Waals surface area (Å²) in [5, 5.41) is 21.2. The van der Waals surface area contributed by atoms with Gasteiger partial charge in [-0.05, 0) is 31.6 Å². The summed E-state index contributed by atoms with van der Waals surface area (Å²) in [4.78, 5) is 0. The first-order chi connectivity index (χ1) is 14.2. The molecule has 2 N–H and O–H groups in total. The third kappa shape index (κ3) is 3.67. The lowest BCUT2D eigenvalue weighted by Gasteiger charge is -2.68. The van der Waals surface area contributed by atoms with E-state index in [9.17, 15) is 23.4 Å². The van der Waals surface area contributed by atoms with E-state index in [4.69, 9.17) is 14.2 Å². The van der Waals surface area contributed by atoms with Crippen molar-refractivity contribution < 1.29 is 37.6 Å². The van der Waals surface area contributed by atoms with Crippen molar-refractivity contribution in [3.05, 3.63) is 0 Å². The van der Waals surface area contributed by atoms with E-state index in [1.165, 1.54) is 6.42 Å². The Bertz CT molecular complexity index is 674. The summed E-state index contributed by atoms with van der Waals surface area (Å²) in [5.74, 6) is 3.49. The van der Waals surface area contributed by atoms with E-state index >= 15 is 0 Å². The molecule has 0 amide bonds. The minimum absolute atomic E-state index is 0.116. The number of hydrogen-bond donors (Lipinski definition) is 2. The average molecular weight is 432 g/mol. The van der Waals surface area contributed by atoms with Gasteiger partial charge < -0.3 is 24.4 Å². The summed E-state index contributed by atoms with van der Waals surface area (Å²) in [6, 6.07) is 0. The molecule has 30 heavy (non-hydrogen) atoms. The lowest BCUT2D eigenvalue weighted by Crippen LogP contribution is -2.80. The first kappa shape index (κ1) is 22.3. The molecular weight excluding hydrogens is 401 g/mol. The van der Waals surface area contributed by atoms with E-state index in [1.807, 2.05) is 6.92 Å². The van der Waals surface area contributed by atoms with E-state index in [-0.39, 0.29) is 24.7 Å². The van der Waals surface area contributed by atoms with Crippen LogP contribution in [-0.4, -0.2) is 59.8 Å². The molecule has 1 heterocycles. The molecule has 170 valence electrons. The molecule has 5 nitrogen and oxygen atoms in total. The van der Waals surface area contributed by atoms with Crippen molar-refractivity contribution in [3.63, 3.8) is 0 Å². The Morgan fingerprint density at radius 2 is 1.80 bits per heavy atom. The highest BCUT2D eigenvalue weighted by Crippen LogP contribution is 2.65. The molecule has 3 aliphatic carbocycles. The largest absolute Gasteiger partial charge is 0.411 e. The first-order valence-electron chi connectivity index (χ1n) is 11.1. The van der Waals surface area contributed by atoms with Gasteiger partial charge in [-0.15, -0.1) is 0 Å². The van der Waals surface area contributed by atoms with Crippen molar-refractivity contribution in [1.29, 1.82) is 0 Å². The molecule has 1 saturated heterocycles. The standard InChI is InChI=1S/C22H31F3O5/c1-14-19-16(7-8-17(26)15-5-3-2-4-6-15)18(27)9-10-20(19,30-13-21(23,24)25)22(14)28-11-12-29-22/h14-19,26-27H,2-6,9-13H2,1H3/t14?,16-,17-,18+,19+,20+/m1/s1. The number of halogens is 3. The number of aliphatic hydroxyl groups is 2.